The largest absolute Gasteiger partial charge is 0.423 e. The molecule has 0 bridgehead atoms. The second-order valence-electron chi connectivity index (χ2n) is 4.12. The van der Waals surface area contributed by atoms with Crippen LogP contribution in [0.5, 0.6) is 0 Å². The minimum atomic E-state index is 0.0129. The third kappa shape index (κ3) is 1.73. The van der Waals surface area contributed by atoms with Crippen LogP contribution >= 0.6 is 0 Å². The van der Waals surface area contributed by atoms with Crippen molar-refractivity contribution in [2.45, 2.75) is 6.61 Å². The molecule has 0 amide bonds. The number of rotatable bonds is 1. The van der Waals surface area contributed by atoms with Crippen molar-refractivity contribution in [1.82, 2.24) is 0 Å². The molecule has 1 aliphatic rings. The summed E-state index contributed by atoms with van der Waals surface area (Å²) in [5.41, 5.74) is 4.27. The smallest absolute Gasteiger partial charge is 0.362 e. The zero-order chi connectivity index (χ0) is 11.7. The summed E-state index contributed by atoms with van der Waals surface area (Å²) in [7, 11) is 0. The van der Waals surface area contributed by atoms with Gasteiger partial charge in [-0.15, -0.1) is 0 Å². The van der Waals surface area contributed by atoms with Gasteiger partial charge in [-0.3, -0.25) is 0 Å². The highest BCUT2D eigenvalue weighted by Gasteiger charge is 2.29. The van der Waals surface area contributed by atoms with E-state index < -0.39 is 0 Å². The third-order valence-electron chi connectivity index (χ3n) is 3.09. The van der Waals surface area contributed by atoms with E-state index in [4.69, 9.17) is 9.92 Å². The summed E-state index contributed by atoms with van der Waals surface area (Å²) >= 11 is 0. The molecule has 2 aromatic carbocycles. The number of nitrogens with zero attached hydrogens (tertiary/aromatic N) is 1. The van der Waals surface area contributed by atoms with E-state index in [1.807, 2.05) is 36.4 Å². The van der Waals surface area contributed by atoms with Crippen LogP contribution < -0.4 is 10.9 Å². The summed E-state index contributed by atoms with van der Waals surface area (Å²) in [5.74, 6) is 0. The maximum atomic E-state index is 8.77. The van der Waals surface area contributed by atoms with Gasteiger partial charge in [0.05, 0.1) is 18.2 Å². The van der Waals surface area contributed by atoms with Crippen molar-refractivity contribution < 1.29 is 4.65 Å². The van der Waals surface area contributed by atoms with E-state index in [-0.39, 0.29) is 6.92 Å². The van der Waals surface area contributed by atoms with Gasteiger partial charge < -0.3 is 4.65 Å². The maximum absolute atomic E-state index is 8.77. The molecule has 0 saturated heterocycles. The predicted octanol–water partition coefficient (Wildman–Crippen LogP) is 1.19. The number of hydrogen-bond donors (Lipinski definition) is 0. The highest BCUT2D eigenvalue weighted by atomic mass is 16.4. The SMILES string of the molecule is N#Cc1ccc(B2OCc3ccccc32)cc1. The molecule has 2 nitrogen and oxygen atoms in total. The summed E-state index contributed by atoms with van der Waals surface area (Å²) in [6.45, 7) is 0.680. The topological polar surface area (TPSA) is 33.0 Å². The van der Waals surface area contributed by atoms with E-state index in [1.165, 1.54) is 11.0 Å². The van der Waals surface area contributed by atoms with Crippen LogP contribution in [0, 0.1) is 11.3 Å². The molecule has 0 fully saturated rings. The molecule has 0 aromatic heterocycles. The van der Waals surface area contributed by atoms with E-state index in [9.17, 15) is 0 Å². The van der Waals surface area contributed by atoms with Gasteiger partial charge >= 0.3 is 6.92 Å². The molecule has 17 heavy (non-hydrogen) atoms. The van der Waals surface area contributed by atoms with E-state index in [0.29, 0.717) is 12.2 Å². The van der Waals surface area contributed by atoms with Crippen LogP contribution in [0.1, 0.15) is 11.1 Å². The average molecular weight is 219 g/mol. The Morgan fingerprint density at radius 3 is 2.59 bits per heavy atom. The molecule has 0 saturated carbocycles. The van der Waals surface area contributed by atoms with Crippen LogP contribution in [-0.2, 0) is 11.3 Å². The van der Waals surface area contributed by atoms with Crippen molar-refractivity contribution >= 4 is 17.8 Å². The second-order valence-corrected chi connectivity index (χ2v) is 4.12. The average Bonchev–Trinajstić information content (AvgIpc) is 2.83. The lowest BCUT2D eigenvalue weighted by molar-refractivity contribution is 0.337. The van der Waals surface area contributed by atoms with Gasteiger partial charge in [-0.25, -0.2) is 0 Å². The fourth-order valence-corrected chi connectivity index (χ4v) is 2.19. The zero-order valence-corrected chi connectivity index (χ0v) is 9.26. The first-order chi connectivity index (χ1) is 8.38. The zero-order valence-electron chi connectivity index (χ0n) is 9.26. The summed E-state index contributed by atoms with van der Waals surface area (Å²) < 4.78 is 5.80. The van der Waals surface area contributed by atoms with Crippen LogP contribution in [-0.4, -0.2) is 6.92 Å². The standard InChI is InChI=1S/C14H10BNO/c16-9-11-5-7-13(8-6-11)15-14-4-2-1-3-12(14)10-17-15/h1-8H,10H2. The van der Waals surface area contributed by atoms with Gasteiger partial charge in [0.2, 0.25) is 0 Å². The Morgan fingerprint density at radius 1 is 1.06 bits per heavy atom. The minimum Gasteiger partial charge on any atom is -0.423 e. The number of hydrogen-bond acceptors (Lipinski definition) is 2. The Kier molecular flexibility index (Phi) is 2.43. The molecule has 0 N–H and O–H groups in total. The second kappa shape index (κ2) is 4.08. The molecule has 3 rings (SSSR count). The van der Waals surface area contributed by atoms with Crippen molar-refractivity contribution in [2.75, 3.05) is 0 Å². The van der Waals surface area contributed by atoms with Crippen LogP contribution in [0.15, 0.2) is 48.5 Å². The summed E-state index contributed by atoms with van der Waals surface area (Å²) in [6, 6.07) is 18.0. The Labute approximate surface area is 101 Å². The number of nitriles is 1. The van der Waals surface area contributed by atoms with E-state index in [1.54, 1.807) is 0 Å². The fraction of sp³-hybridized carbons (Fsp3) is 0.0714. The molecule has 1 heterocycles. The lowest BCUT2D eigenvalue weighted by atomic mass is 9.56. The fourth-order valence-electron chi connectivity index (χ4n) is 2.19. The predicted molar refractivity (Wildman–Crippen MR) is 67.4 cm³/mol. The van der Waals surface area contributed by atoms with Gasteiger partial charge in [0.1, 0.15) is 0 Å². The quantitative estimate of drug-likeness (QED) is 0.675. The van der Waals surface area contributed by atoms with E-state index in [0.717, 1.165) is 5.46 Å². The highest BCUT2D eigenvalue weighted by molar-refractivity contribution is 6.81. The van der Waals surface area contributed by atoms with Gasteiger partial charge in [-0.2, -0.15) is 5.26 Å². The van der Waals surface area contributed by atoms with Gasteiger partial charge in [-0.05, 0) is 28.6 Å². The van der Waals surface area contributed by atoms with Crippen LogP contribution in [0.2, 0.25) is 0 Å². The van der Waals surface area contributed by atoms with E-state index >= 15 is 0 Å². The van der Waals surface area contributed by atoms with Crippen molar-refractivity contribution in [1.29, 1.82) is 5.26 Å². The normalized spacial score (nSPS) is 13.2. The molecule has 3 heteroatoms. The first-order valence-corrected chi connectivity index (χ1v) is 5.58. The van der Waals surface area contributed by atoms with Crippen LogP contribution in [0.3, 0.4) is 0 Å². The highest BCUT2D eigenvalue weighted by Crippen LogP contribution is 2.10. The Morgan fingerprint density at radius 2 is 1.82 bits per heavy atom. The summed E-state index contributed by atoms with van der Waals surface area (Å²) in [4.78, 5) is 0. The molecule has 0 aliphatic carbocycles. The van der Waals surface area contributed by atoms with Crippen molar-refractivity contribution in [3.05, 3.63) is 59.7 Å². The van der Waals surface area contributed by atoms with Gasteiger partial charge in [0.25, 0.3) is 0 Å². The molecule has 1 aliphatic heterocycles. The molecular formula is C14H10BNO. The lowest BCUT2D eigenvalue weighted by Gasteiger charge is -2.06. The lowest BCUT2D eigenvalue weighted by Crippen LogP contribution is -2.41. The Hall–Kier alpha value is -2.05. The number of benzene rings is 2. The third-order valence-corrected chi connectivity index (χ3v) is 3.09. The molecule has 0 spiro atoms. The van der Waals surface area contributed by atoms with Gasteiger partial charge in [0.15, 0.2) is 0 Å². The first-order valence-electron chi connectivity index (χ1n) is 5.58. The van der Waals surface area contributed by atoms with Gasteiger partial charge in [-0.1, -0.05) is 36.4 Å². The Bertz CT molecular complexity index is 586. The minimum absolute atomic E-state index is 0.0129. The number of fused-ring (bicyclic) bond motifs is 1. The van der Waals surface area contributed by atoms with Crippen LogP contribution in [0.4, 0.5) is 0 Å². The monoisotopic (exact) mass is 219 g/mol. The van der Waals surface area contributed by atoms with Crippen molar-refractivity contribution in [2.24, 2.45) is 0 Å². The molecular weight excluding hydrogens is 209 g/mol. The van der Waals surface area contributed by atoms with Crippen LogP contribution in [0.25, 0.3) is 0 Å². The van der Waals surface area contributed by atoms with Gasteiger partial charge in [0, 0.05) is 0 Å². The molecule has 0 unspecified atom stereocenters. The maximum Gasteiger partial charge on any atom is 0.362 e. The summed E-state index contributed by atoms with van der Waals surface area (Å²) in [5, 5.41) is 8.77. The molecule has 0 atom stereocenters. The molecule has 0 radical (unpaired) electrons. The van der Waals surface area contributed by atoms with Crippen molar-refractivity contribution in [3.8, 4) is 6.07 Å². The molecule has 2 aromatic rings. The van der Waals surface area contributed by atoms with Crippen molar-refractivity contribution in [3.63, 3.8) is 0 Å². The first kappa shape index (κ1) is 10.1. The Balaban J connectivity index is 1.99. The van der Waals surface area contributed by atoms with E-state index in [2.05, 4.69) is 18.2 Å². The molecule has 80 valence electrons. The summed E-state index contributed by atoms with van der Waals surface area (Å²) in [6.07, 6.45) is 0.